The van der Waals surface area contributed by atoms with Crippen molar-refractivity contribution in [2.45, 2.75) is 13.5 Å². The molecule has 0 spiro atoms. The fraction of sp³-hybridized carbons (Fsp3) is 0.100. The number of carbonyl (C=O) groups is 1. The molecule has 0 aliphatic rings. The van der Waals surface area contributed by atoms with E-state index in [0.29, 0.717) is 12.2 Å². The maximum Gasteiger partial charge on any atom is 0.270 e. The van der Waals surface area contributed by atoms with E-state index >= 15 is 0 Å². The molecule has 0 bridgehead atoms. The first kappa shape index (κ1) is 18.4. The van der Waals surface area contributed by atoms with E-state index < -0.39 is 17.5 Å². The molecular weight excluding hydrogens is 355 g/mol. The predicted molar refractivity (Wildman–Crippen MR) is 96.2 cm³/mol. The van der Waals surface area contributed by atoms with Crippen LogP contribution in [0, 0.1) is 24.4 Å². The molecule has 0 fully saturated rings. The minimum absolute atomic E-state index is 0.179. The summed E-state index contributed by atoms with van der Waals surface area (Å²) in [4.78, 5) is 16.2. The Morgan fingerprint density at radius 3 is 2.37 bits per heavy atom. The molecule has 27 heavy (non-hydrogen) atoms. The fourth-order valence-electron chi connectivity index (χ4n) is 2.36. The zero-order valence-corrected chi connectivity index (χ0v) is 14.4. The van der Waals surface area contributed by atoms with E-state index in [-0.39, 0.29) is 17.3 Å². The molecule has 4 nitrogen and oxygen atoms in total. The lowest BCUT2D eigenvalue weighted by atomic mass is 10.1. The lowest BCUT2D eigenvalue weighted by Crippen LogP contribution is -2.23. The highest BCUT2D eigenvalue weighted by Crippen LogP contribution is 2.23. The van der Waals surface area contributed by atoms with Crippen LogP contribution in [0.15, 0.2) is 54.7 Å². The number of hydrogen-bond acceptors (Lipinski definition) is 3. The summed E-state index contributed by atoms with van der Waals surface area (Å²) in [6.07, 6.45) is 1.31. The molecule has 0 saturated carbocycles. The molecule has 3 rings (SSSR count). The zero-order chi connectivity index (χ0) is 19.4. The molecule has 0 radical (unpaired) electrons. The van der Waals surface area contributed by atoms with Gasteiger partial charge in [-0.3, -0.25) is 4.79 Å². The summed E-state index contributed by atoms with van der Waals surface area (Å²) in [6.45, 7) is 2.34. The Morgan fingerprint density at radius 2 is 1.70 bits per heavy atom. The lowest BCUT2D eigenvalue weighted by molar-refractivity contribution is 0.0946. The summed E-state index contributed by atoms with van der Waals surface area (Å²) in [5.41, 5.74) is 2.37. The van der Waals surface area contributed by atoms with Crippen LogP contribution in [0.25, 0.3) is 0 Å². The number of anilines is 2. The first-order chi connectivity index (χ1) is 12.9. The Labute approximate surface area is 154 Å². The van der Waals surface area contributed by atoms with Crippen LogP contribution in [0.3, 0.4) is 0 Å². The van der Waals surface area contributed by atoms with E-state index in [1.54, 1.807) is 0 Å². The fourth-order valence-corrected chi connectivity index (χ4v) is 2.36. The Balaban J connectivity index is 1.63. The van der Waals surface area contributed by atoms with E-state index in [4.69, 9.17) is 0 Å². The van der Waals surface area contributed by atoms with E-state index in [0.717, 1.165) is 23.3 Å². The Hall–Kier alpha value is -3.35. The minimum Gasteiger partial charge on any atom is -0.352 e. The number of carbonyl (C=O) groups excluding carboxylic acids is 1. The van der Waals surface area contributed by atoms with Crippen molar-refractivity contribution < 1.29 is 18.0 Å². The zero-order valence-electron chi connectivity index (χ0n) is 14.4. The van der Waals surface area contributed by atoms with Crippen molar-refractivity contribution in [2.24, 2.45) is 0 Å². The van der Waals surface area contributed by atoms with Crippen molar-refractivity contribution in [2.75, 3.05) is 5.32 Å². The number of halogens is 3. The van der Waals surface area contributed by atoms with Gasteiger partial charge in [0.15, 0.2) is 17.5 Å². The number of nitrogens with one attached hydrogen (secondary N) is 2. The summed E-state index contributed by atoms with van der Waals surface area (Å²) < 4.78 is 39.9. The molecule has 3 aromatic rings. The second kappa shape index (κ2) is 7.90. The number of pyridine rings is 1. The molecule has 2 N–H and O–H groups in total. The van der Waals surface area contributed by atoms with E-state index in [1.165, 1.54) is 18.3 Å². The van der Waals surface area contributed by atoms with Gasteiger partial charge >= 0.3 is 0 Å². The van der Waals surface area contributed by atoms with Crippen LogP contribution in [0.2, 0.25) is 0 Å². The second-order valence-electron chi connectivity index (χ2n) is 5.95. The summed E-state index contributed by atoms with van der Waals surface area (Å²) in [5, 5.41) is 5.35. The highest BCUT2D eigenvalue weighted by Gasteiger charge is 2.14. The first-order valence-electron chi connectivity index (χ1n) is 8.14. The highest BCUT2D eigenvalue weighted by molar-refractivity contribution is 5.92. The number of hydrogen-bond donors (Lipinski definition) is 2. The van der Waals surface area contributed by atoms with Gasteiger partial charge in [-0.25, -0.2) is 18.2 Å². The first-order valence-corrected chi connectivity index (χ1v) is 8.14. The maximum atomic E-state index is 13.7. The molecule has 0 atom stereocenters. The maximum absolute atomic E-state index is 13.7. The van der Waals surface area contributed by atoms with Crippen LogP contribution in [0.1, 0.15) is 21.6 Å². The molecule has 0 saturated heterocycles. The van der Waals surface area contributed by atoms with Gasteiger partial charge in [-0.05, 0) is 36.8 Å². The van der Waals surface area contributed by atoms with Gasteiger partial charge < -0.3 is 10.6 Å². The SMILES string of the molecule is Cc1ccc(CNC(=O)c2ccc(Nc3ccc(F)c(F)c3F)cn2)cc1. The number of benzene rings is 2. The number of rotatable bonds is 5. The molecule has 0 aliphatic heterocycles. The van der Waals surface area contributed by atoms with Crippen molar-refractivity contribution in [3.8, 4) is 0 Å². The van der Waals surface area contributed by atoms with Gasteiger partial charge in [0.2, 0.25) is 0 Å². The van der Waals surface area contributed by atoms with E-state index in [1.807, 2.05) is 31.2 Å². The van der Waals surface area contributed by atoms with Crippen molar-refractivity contribution >= 4 is 17.3 Å². The van der Waals surface area contributed by atoms with Crippen LogP contribution in [0.5, 0.6) is 0 Å². The average Bonchev–Trinajstić information content (AvgIpc) is 2.68. The molecular formula is C20H16F3N3O. The van der Waals surface area contributed by atoms with Crippen molar-refractivity contribution in [1.82, 2.24) is 10.3 Å². The van der Waals surface area contributed by atoms with Crippen LogP contribution in [-0.2, 0) is 6.54 Å². The summed E-state index contributed by atoms with van der Waals surface area (Å²) in [6, 6.07) is 12.6. The molecule has 0 unspecified atom stereocenters. The van der Waals surface area contributed by atoms with Crippen LogP contribution in [-0.4, -0.2) is 10.9 Å². The standard InChI is InChI=1S/C20H16F3N3O/c1-12-2-4-13(5-3-12)10-25-20(27)17-8-6-14(11-24-17)26-16-9-7-15(21)18(22)19(16)23/h2-9,11,26H,10H2,1H3,(H,25,27). The quantitative estimate of drug-likeness (QED) is 0.650. The molecule has 2 aromatic carbocycles. The second-order valence-corrected chi connectivity index (χ2v) is 5.95. The Bertz CT molecular complexity index is 957. The summed E-state index contributed by atoms with van der Waals surface area (Å²) in [5.74, 6) is -4.51. The highest BCUT2D eigenvalue weighted by atomic mass is 19.2. The number of aryl methyl sites for hydroxylation is 1. The normalized spacial score (nSPS) is 10.5. The number of aromatic nitrogens is 1. The van der Waals surface area contributed by atoms with Crippen molar-refractivity contribution in [3.63, 3.8) is 0 Å². The molecule has 1 aromatic heterocycles. The molecule has 1 amide bonds. The Morgan fingerprint density at radius 1 is 0.963 bits per heavy atom. The molecule has 0 aliphatic carbocycles. The van der Waals surface area contributed by atoms with Gasteiger partial charge in [-0.1, -0.05) is 29.8 Å². The third-order valence-corrected chi connectivity index (χ3v) is 3.88. The number of nitrogens with zero attached hydrogens (tertiary/aromatic N) is 1. The van der Waals surface area contributed by atoms with E-state index in [9.17, 15) is 18.0 Å². The molecule has 7 heteroatoms. The predicted octanol–water partition coefficient (Wildman–Crippen LogP) is 4.48. The lowest BCUT2D eigenvalue weighted by Gasteiger charge is -2.09. The van der Waals surface area contributed by atoms with Gasteiger partial charge in [-0.15, -0.1) is 0 Å². The monoisotopic (exact) mass is 371 g/mol. The van der Waals surface area contributed by atoms with Gasteiger partial charge in [-0.2, -0.15) is 0 Å². The average molecular weight is 371 g/mol. The van der Waals surface area contributed by atoms with Crippen LogP contribution < -0.4 is 10.6 Å². The smallest absolute Gasteiger partial charge is 0.270 e. The molecule has 1 heterocycles. The van der Waals surface area contributed by atoms with Gasteiger partial charge in [0.05, 0.1) is 17.6 Å². The van der Waals surface area contributed by atoms with Crippen molar-refractivity contribution in [1.29, 1.82) is 0 Å². The van der Waals surface area contributed by atoms with Gasteiger partial charge in [0, 0.05) is 6.54 Å². The summed E-state index contributed by atoms with van der Waals surface area (Å²) >= 11 is 0. The van der Waals surface area contributed by atoms with Gasteiger partial charge in [0.1, 0.15) is 5.69 Å². The minimum atomic E-state index is -1.56. The topological polar surface area (TPSA) is 54.0 Å². The van der Waals surface area contributed by atoms with Crippen LogP contribution >= 0.6 is 0 Å². The van der Waals surface area contributed by atoms with E-state index in [2.05, 4.69) is 15.6 Å². The third kappa shape index (κ3) is 4.44. The largest absolute Gasteiger partial charge is 0.352 e. The third-order valence-electron chi connectivity index (χ3n) is 3.88. The molecule has 138 valence electrons. The van der Waals surface area contributed by atoms with Crippen LogP contribution in [0.4, 0.5) is 24.5 Å². The number of amides is 1. The van der Waals surface area contributed by atoms with Crippen molar-refractivity contribution in [3.05, 3.63) is 89.0 Å². The van der Waals surface area contributed by atoms with Gasteiger partial charge in [0.25, 0.3) is 5.91 Å². The summed E-state index contributed by atoms with van der Waals surface area (Å²) in [7, 11) is 0. The Kier molecular flexibility index (Phi) is 5.40.